The number of rotatable bonds is 1. The highest BCUT2D eigenvalue weighted by Gasteiger charge is 1.96. The molecule has 0 aliphatic heterocycles. The maximum atomic E-state index is 5.00. The van der Waals surface area contributed by atoms with Crippen molar-refractivity contribution in [3.63, 3.8) is 0 Å². The Morgan fingerprint density at radius 3 is 2.27 bits per heavy atom. The van der Waals surface area contributed by atoms with Gasteiger partial charge in [0, 0.05) is 5.39 Å². The number of nitrogens with zero attached hydrogens (tertiary/aromatic N) is 3. The van der Waals surface area contributed by atoms with Crippen LogP contribution in [-0.4, -0.2) is 30.4 Å². The molecule has 22 heavy (non-hydrogen) atoms. The summed E-state index contributed by atoms with van der Waals surface area (Å²) in [6, 6.07) is 17.6. The van der Waals surface area contributed by atoms with E-state index in [1.54, 1.807) is 4.68 Å². The molecule has 0 fully saturated rings. The van der Waals surface area contributed by atoms with Gasteiger partial charge in [0.1, 0.15) is 4.64 Å². The minimum Gasteiger partial charge on any atom is -0.299 e. The molecular formula is C14H12N6S2. The zero-order chi connectivity index (χ0) is 15.4. The van der Waals surface area contributed by atoms with E-state index >= 15 is 0 Å². The van der Waals surface area contributed by atoms with E-state index in [-0.39, 0.29) is 0 Å². The third-order valence-electron chi connectivity index (χ3n) is 2.97. The summed E-state index contributed by atoms with van der Waals surface area (Å²) in [5.41, 5.74) is 2.00. The largest absolute Gasteiger partial charge is 0.299 e. The second-order valence-corrected chi connectivity index (χ2v) is 5.15. The summed E-state index contributed by atoms with van der Waals surface area (Å²) in [5, 5.41) is 16.8. The third kappa shape index (κ3) is 3.02. The maximum Gasteiger partial charge on any atom is 0.242 e. The van der Waals surface area contributed by atoms with Gasteiger partial charge in [0.25, 0.3) is 0 Å². The van der Waals surface area contributed by atoms with E-state index in [9.17, 15) is 0 Å². The third-order valence-corrected chi connectivity index (χ3v) is 3.55. The van der Waals surface area contributed by atoms with Gasteiger partial charge >= 0.3 is 0 Å². The number of hydrogen-bond donors (Lipinski definition) is 3. The lowest BCUT2D eigenvalue weighted by Crippen LogP contribution is -1.95. The van der Waals surface area contributed by atoms with Crippen molar-refractivity contribution in [2.24, 2.45) is 0 Å². The Morgan fingerprint density at radius 1 is 0.864 bits per heavy atom. The standard InChI is InChI=1S/C7H6N4S.C7H6N2S/c12-7-8-9-10-11(7)6-4-2-1-3-5-6;10-7-5-3-1-2-4-6(5)8-9-7/h1-5H,(H,8,10,12);1-4H,(H2,8,9,10). The molecular weight excluding hydrogens is 316 g/mol. The molecule has 0 aliphatic carbocycles. The van der Waals surface area contributed by atoms with Gasteiger partial charge in [0.2, 0.25) is 4.77 Å². The van der Waals surface area contributed by atoms with Gasteiger partial charge in [-0.3, -0.25) is 10.2 Å². The van der Waals surface area contributed by atoms with Gasteiger partial charge in [-0.25, -0.2) is 4.68 Å². The van der Waals surface area contributed by atoms with Crippen molar-refractivity contribution in [3.8, 4) is 5.69 Å². The molecule has 0 radical (unpaired) electrons. The van der Waals surface area contributed by atoms with Crippen LogP contribution < -0.4 is 0 Å². The fourth-order valence-corrected chi connectivity index (χ4v) is 2.34. The van der Waals surface area contributed by atoms with Gasteiger partial charge in [0.15, 0.2) is 0 Å². The van der Waals surface area contributed by atoms with Crippen molar-refractivity contribution in [2.45, 2.75) is 0 Å². The molecule has 0 atom stereocenters. The van der Waals surface area contributed by atoms with Crippen LogP contribution in [0.15, 0.2) is 54.6 Å². The van der Waals surface area contributed by atoms with E-state index in [0.29, 0.717) is 4.77 Å². The lowest BCUT2D eigenvalue weighted by atomic mass is 10.3. The number of benzene rings is 2. The van der Waals surface area contributed by atoms with Crippen LogP contribution in [-0.2, 0) is 0 Å². The summed E-state index contributed by atoms with van der Waals surface area (Å²) in [7, 11) is 0. The Labute approximate surface area is 135 Å². The predicted molar refractivity (Wildman–Crippen MR) is 90.0 cm³/mol. The van der Waals surface area contributed by atoms with Crippen LogP contribution in [0.2, 0.25) is 0 Å². The molecule has 8 heteroatoms. The minimum atomic E-state index is 0.432. The molecule has 2 aromatic carbocycles. The van der Waals surface area contributed by atoms with E-state index in [4.69, 9.17) is 24.4 Å². The second-order valence-electron chi connectivity index (χ2n) is 4.38. The van der Waals surface area contributed by atoms with E-state index in [0.717, 1.165) is 21.2 Å². The molecule has 0 bridgehead atoms. The fourth-order valence-electron chi connectivity index (χ4n) is 1.92. The molecule has 0 saturated heterocycles. The van der Waals surface area contributed by atoms with Gasteiger partial charge in [0.05, 0.1) is 11.2 Å². The Hall–Kier alpha value is -2.58. The second kappa shape index (κ2) is 6.46. The van der Waals surface area contributed by atoms with Crippen molar-refractivity contribution in [3.05, 3.63) is 64.0 Å². The van der Waals surface area contributed by atoms with Crippen molar-refractivity contribution in [2.75, 3.05) is 0 Å². The highest BCUT2D eigenvalue weighted by molar-refractivity contribution is 7.71. The predicted octanol–water partition coefficient (Wildman–Crippen LogP) is 3.55. The maximum absolute atomic E-state index is 5.00. The van der Waals surface area contributed by atoms with Crippen LogP contribution in [0.3, 0.4) is 0 Å². The SMILES string of the molecule is S=c1[nH][nH]c2ccccc12.S=c1nn[nH]n1-c1ccccc1. The summed E-state index contributed by atoms with van der Waals surface area (Å²) in [5.74, 6) is 0. The molecule has 2 aromatic heterocycles. The Kier molecular flexibility index (Phi) is 4.22. The van der Waals surface area contributed by atoms with Gasteiger partial charge in [-0.2, -0.15) is 5.21 Å². The number of para-hydroxylation sites is 2. The summed E-state index contributed by atoms with van der Waals surface area (Å²) in [4.78, 5) is 0. The first-order chi connectivity index (χ1) is 10.8. The molecule has 0 unspecified atom stereocenters. The topological polar surface area (TPSA) is 78.1 Å². The highest BCUT2D eigenvalue weighted by atomic mass is 32.1. The summed E-state index contributed by atoms with van der Waals surface area (Å²) in [6.07, 6.45) is 0. The molecule has 4 rings (SSSR count). The average molecular weight is 328 g/mol. The molecule has 110 valence electrons. The number of aromatic amines is 3. The average Bonchev–Trinajstić information content (AvgIpc) is 3.16. The summed E-state index contributed by atoms with van der Waals surface area (Å²) >= 11 is 9.93. The van der Waals surface area contributed by atoms with Crippen LogP contribution in [0.25, 0.3) is 16.6 Å². The highest BCUT2D eigenvalue weighted by Crippen LogP contribution is 2.10. The van der Waals surface area contributed by atoms with Crippen molar-refractivity contribution < 1.29 is 0 Å². The zero-order valence-electron chi connectivity index (χ0n) is 11.4. The lowest BCUT2D eigenvalue weighted by Gasteiger charge is -1.97. The van der Waals surface area contributed by atoms with Crippen LogP contribution in [0, 0.1) is 9.41 Å². The fraction of sp³-hybridized carbons (Fsp3) is 0. The molecule has 0 amide bonds. The van der Waals surface area contributed by atoms with Crippen molar-refractivity contribution in [1.82, 2.24) is 30.4 Å². The molecule has 2 heterocycles. The normalized spacial score (nSPS) is 10.2. The number of fused-ring (bicyclic) bond motifs is 1. The van der Waals surface area contributed by atoms with Crippen LogP contribution in [0.4, 0.5) is 0 Å². The first-order valence-corrected chi connectivity index (χ1v) is 7.28. The molecule has 0 aliphatic rings. The quantitative estimate of drug-likeness (QED) is 0.467. The molecule has 0 spiro atoms. The van der Waals surface area contributed by atoms with Crippen LogP contribution in [0.1, 0.15) is 0 Å². The van der Waals surface area contributed by atoms with E-state index in [1.807, 2.05) is 54.6 Å². The van der Waals surface area contributed by atoms with Crippen molar-refractivity contribution >= 4 is 35.3 Å². The first-order valence-electron chi connectivity index (χ1n) is 6.46. The van der Waals surface area contributed by atoms with Gasteiger partial charge in [-0.1, -0.05) is 52.9 Å². The van der Waals surface area contributed by atoms with Crippen LogP contribution >= 0.6 is 24.4 Å². The van der Waals surface area contributed by atoms with Crippen LogP contribution in [0.5, 0.6) is 0 Å². The molecule has 4 aromatic rings. The minimum absolute atomic E-state index is 0.432. The number of tetrazole rings is 1. The van der Waals surface area contributed by atoms with E-state index < -0.39 is 0 Å². The Bertz CT molecular complexity index is 979. The van der Waals surface area contributed by atoms with Gasteiger partial charge in [-0.15, -0.1) is 0 Å². The van der Waals surface area contributed by atoms with Crippen molar-refractivity contribution in [1.29, 1.82) is 0 Å². The lowest BCUT2D eigenvalue weighted by molar-refractivity contribution is 0.786. The Morgan fingerprint density at radius 2 is 1.59 bits per heavy atom. The van der Waals surface area contributed by atoms with Gasteiger partial charge in [-0.05, 0) is 36.5 Å². The number of nitrogens with one attached hydrogen (secondary N) is 3. The van der Waals surface area contributed by atoms with Gasteiger partial charge < -0.3 is 0 Å². The molecule has 3 N–H and O–H groups in total. The van der Waals surface area contributed by atoms with E-state index in [2.05, 4.69) is 25.7 Å². The molecule has 6 nitrogen and oxygen atoms in total. The van der Waals surface area contributed by atoms with E-state index in [1.165, 1.54) is 0 Å². The molecule has 0 saturated carbocycles. The number of aromatic nitrogens is 6. The summed E-state index contributed by atoms with van der Waals surface area (Å²) < 4.78 is 2.84. The number of H-pyrrole nitrogens is 3. The summed E-state index contributed by atoms with van der Waals surface area (Å²) in [6.45, 7) is 0. The zero-order valence-corrected chi connectivity index (χ0v) is 13.0. The smallest absolute Gasteiger partial charge is 0.242 e. The monoisotopic (exact) mass is 328 g/mol. The first kappa shape index (κ1) is 14.4. The number of hydrogen-bond acceptors (Lipinski definition) is 4. The Balaban J connectivity index is 0.000000133.